The molecular formula is C17H18N2O3S. The van der Waals surface area contributed by atoms with Crippen molar-refractivity contribution < 1.29 is 13.2 Å². The molecule has 2 aromatic rings. The summed E-state index contributed by atoms with van der Waals surface area (Å²) in [5.41, 5.74) is 2.22. The lowest BCUT2D eigenvalue weighted by Gasteiger charge is -2.07. The number of carbonyl (C=O) groups excluding carboxylic acids is 1. The number of amides is 2. The zero-order valence-electron chi connectivity index (χ0n) is 12.7. The average molecular weight is 330 g/mol. The summed E-state index contributed by atoms with van der Waals surface area (Å²) in [6.45, 7) is 1.93. The van der Waals surface area contributed by atoms with E-state index in [-0.39, 0.29) is 6.54 Å². The van der Waals surface area contributed by atoms with Gasteiger partial charge in [0.25, 0.3) is 10.0 Å². The molecule has 5 nitrogen and oxygen atoms in total. The maximum atomic E-state index is 12.0. The third kappa shape index (κ3) is 5.60. The third-order valence-electron chi connectivity index (χ3n) is 3.09. The molecule has 0 aromatic heterocycles. The molecule has 23 heavy (non-hydrogen) atoms. The Hall–Kier alpha value is -2.60. The molecule has 2 N–H and O–H groups in total. The molecule has 0 radical (unpaired) electrons. The number of rotatable bonds is 5. The first kappa shape index (κ1) is 16.8. The summed E-state index contributed by atoms with van der Waals surface area (Å²) in [7, 11) is -3.86. The summed E-state index contributed by atoms with van der Waals surface area (Å²) in [5, 5.41) is 3.56. The second-order valence-electron chi connectivity index (χ2n) is 4.98. The van der Waals surface area contributed by atoms with Gasteiger partial charge in [-0.2, -0.15) is 0 Å². The van der Waals surface area contributed by atoms with E-state index < -0.39 is 16.1 Å². The predicted octanol–water partition coefficient (Wildman–Crippen LogP) is 2.88. The maximum Gasteiger partial charge on any atom is 0.328 e. The fourth-order valence-electron chi connectivity index (χ4n) is 1.97. The molecule has 0 aliphatic heterocycles. The standard InChI is InChI=1S/C17H18N2O3S/c1-14(16-10-6-3-7-11-16)13-23(21,22)19-17(20)18-12-15-8-4-2-5-9-15/h2-11,13H,12H2,1H3,(H2,18,19,20)/b14-13+. The van der Waals surface area contributed by atoms with Gasteiger partial charge >= 0.3 is 6.03 Å². The van der Waals surface area contributed by atoms with Crippen LogP contribution >= 0.6 is 0 Å². The fourth-order valence-corrected chi connectivity index (χ4v) is 2.97. The Morgan fingerprint density at radius 1 is 1.00 bits per heavy atom. The minimum absolute atomic E-state index is 0.254. The molecule has 0 atom stereocenters. The molecule has 0 spiro atoms. The van der Waals surface area contributed by atoms with E-state index in [0.29, 0.717) is 5.57 Å². The van der Waals surface area contributed by atoms with Crippen LogP contribution in [0.3, 0.4) is 0 Å². The van der Waals surface area contributed by atoms with Gasteiger partial charge in [-0.05, 0) is 23.6 Å². The van der Waals surface area contributed by atoms with Gasteiger partial charge in [0.1, 0.15) is 0 Å². The van der Waals surface area contributed by atoms with Crippen molar-refractivity contribution in [3.05, 3.63) is 77.2 Å². The van der Waals surface area contributed by atoms with Crippen LogP contribution in [0.4, 0.5) is 4.79 Å². The lowest BCUT2D eigenvalue weighted by atomic mass is 10.1. The van der Waals surface area contributed by atoms with E-state index in [9.17, 15) is 13.2 Å². The van der Waals surface area contributed by atoms with Crippen molar-refractivity contribution >= 4 is 21.6 Å². The van der Waals surface area contributed by atoms with E-state index in [4.69, 9.17) is 0 Å². The first-order valence-corrected chi connectivity index (χ1v) is 8.59. The van der Waals surface area contributed by atoms with Crippen LogP contribution in [0, 0.1) is 0 Å². The molecule has 0 aliphatic rings. The van der Waals surface area contributed by atoms with Gasteiger partial charge in [-0.3, -0.25) is 0 Å². The van der Waals surface area contributed by atoms with Crippen LogP contribution < -0.4 is 10.0 Å². The first-order chi connectivity index (χ1) is 11.0. The monoisotopic (exact) mass is 330 g/mol. The van der Waals surface area contributed by atoms with E-state index in [1.54, 1.807) is 19.1 Å². The highest BCUT2D eigenvalue weighted by Crippen LogP contribution is 2.13. The molecule has 2 rings (SSSR count). The van der Waals surface area contributed by atoms with E-state index >= 15 is 0 Å². The van der Waals surface area contributed by atoms with Gasteiger partial charge in [0, 0.05) is 6.54 Å². The van der Waals surface area contributed by atoms with Crippen molar-refractivity contribution in [3.8, 4) is 0 Å². The molecule has 2 amide bonds. The molecule has 0 aliphatic carbocycles. The van der Waals surface area contributed by atoms with Crippen LogP contribution in [0.1, 0.15) is 18.1 Å². The van der Waals surface area contributed by atoms with Crippen molar-refractivity contribution in [2.24, 2.45) is 0 Å². The van der Waals surface area contributed by atoms with E-state index in [2.05, 4.69) is 5.32 Å². The van der Waals surface area contributed by atoms with E-state index in [1.165, 1.54) is 0 Å². The number of benzene rings is 2. The van der Waals surface area contributed by atoms with E-state index in [1.807, 2.05) is 53.3 Å². The summed E-state index contributed by atoms with van der Waals surface area (Å²) in [6, 6.07) is 17.6. The molecule has 0 bridgehead atoms. The number of carbonyl (C=O) groups is 1. The predicted molar refractivity (Wildman–Crippen MR) is 90.8 cm³/mol. The Kier molecular flexibility index (Phi) is 5.54. The Morgan fingerprint density at radius 2 is 1.57 bits per heavy atom. The van der Waals surface area contributed by atoms with Gasteiger partial charge < -0.3 is 5.32 Å². The van der Waals surface area contributed by atoms with Crippen LogP contribution in [0.5, 0.6) is 0 Å². The summed E-state index contributed by atoms with van der Waals surface area (Å²) in [4.78, 5) is 11.7. The second-order valence-corrected chi connectivity index (χ2v) is 6.51. The number of urea groups is 1. The van der Waals surface area contributed by atoms with Gasteiger partial charge in [-0.25, -0.2) is 17.9 Å². The molecule has 0 saturated heterocycles. The van der Waals surface area contributed by atoms with Gasteiger partial charge in [-0.15, -0.1) is 0 Å². The minimum atomic E-state index is -3.86. The summed E-state index contributed by atoms with van der Waals surface area (Å²) in [6.07, 6.45) is 0. The first-order valence-electron chi connectivity index (χ1n) is 7.04. The average Bonchev–Trinajstić information content (AvgIpc) is 2.54. The molecule has 120 valence electrons. The van der Waals surface area contributed by atoms with Gasteiger partial charge in [0.2, 0.25) is 0 Å². The largest absolute Gasteiger partial charge is 0.333 e. The highest BCUT2D eigenvalue weighted by Gasteiger charge is 2.12. The maximum absolute atomic E-state index is 12.0. The molecule has 0 unspecified atom stereocenters. The quantitative estimate of drug-likeness (QED) is 0.885. The highest BCUT2D eigenvalue weighted by atomic mass is 32.2. The molecule has 2 aromatic carbocycles. The molecule has 0 saturated carbocycles. The topological polar surface area (TPSA) is 75.3 Å². The van der Waals surface area contributed by atoms with Crippen LogP contribution in [0.15, 0.2) is 66.1 Å². The van der Waals surface area contributed by atoms with Crippen molar-refractivity contribution in [1.82, 2.24) is 10.0 Å². The van der Waals surface area contributed by atoms with Crippen molar-refractivity contribution in [1.29, 1.82) is 0 Å². The van der Waals surface area contributed by atoms with Crippen LogP contribution in [-0.2, 0) is 16.6 Å². The summed E-state index contributed by atoms with van der Waals surface area (Å²) in [5.74, 6) is 0. The fraction of sp³-hybridized carbons (Fsp3) is 0.118. The number of hydrogen-bond donors (Lipinski definition) is 2. The van der Waals surface area contributed by atoms with Crippen LogP contribution in [0.2, 0.25) is 0 Å². The van der Waals surface area contributed by atoms with Gasteiger partial charge in [-0.1, -0.05) is 60.7 Å². The van der Waals surface area contributed by atoms with E-state index in [0.717, 1.165) is 16.5 Å². The molecular weight excluding hydrogens is 312 g/mol. The molecule has 0 fully saturated rings. The summed E-state index contributed by atoms with van der Waals surface area (Å²) < 4.78 is 25.9. The molecule has 0 heterocycles. The Bertz CT molecular complexity index is 785. The number of hydrogen-bond acceptors (Lipinski definition) is 3. The zero-order valence-corrected chi connectivity index (χ0v) is 13.5. The van der Waals surface area contributed by atoms with Crippen molar-refractivity contribution in [2.75, 3.05) is 0 Å². The minimum Gasteiger partial charge on any atom is -0.333 e. The van der Waals surface area contributed by atoms with Crippen molar-refractivity contribution in [2.45, 2.75) is 13.5 Å². The number of sulfonamides is 1. The third-order valence-corrected chi connectivity index (χ3v) is 4.23. The summed E-state index contributed by atoms with van der Waals surface area (Å²) >= 11 is 0. The van der Waals surface area contributed by atoms with Crippen LogP contribution in [-0.4, -0.2) is 14.4 Å². The highest BCUT2D eigenvalue weighted by molar-refractivity contribution is 7.93. The lowest BCUT2D eigenvalue weighted by Crippen LogP contribution is -2.38. The van der Waals surface area contributed by atoms with Gasteiger partial charge in [0.15, 0.2) is 0 Å². The lowest BCUT2D eigenvalue weighted by molar-refractivity contribution is 0.245. The Balaban J connectivity index is 1.96. The van der Waals surface area contributed by atoms with Crippen molar-refractivity contribution in [3.63, 3.8) is 0 Å². The second kappa shape index (κ2) is 7.60. The number of nitrogens with one attached hydrogen (secondary N) is 2. The normalized spacial score (nSPS) is 11.8. The number of allylic oxidation sites excluding steroid dienone is 1. The smallest absolute Gasteiger partial charge is 0.328 e. The Labute approximate surface area is 136 Å². The zero-order chi connectivity index (χ0) is 16.7. The SMILES string of the molecule is C/C(=C\S(=O)(=O)NC(=O)NCc1ccccc1)c1ccccc1. The molecule has 6 heteroatoms. The Morgan fingerprint density at radius 3 is 2.17 bits per heavy atom. The van der Waals surface area contributed by atoms with Crippen LogP contribution in [0.25, 0.3) is 5.57 Å². The van der Waals surface area contributed by atoms with Gasteiger partial charge in [0.05, 0.1) is 5.41 Å².